The minimum atomic E-state index is -0.102. The summed E-state index contributed by atoms with van der Waals surface area (Å²) in [5.41, 5.74) is 17.8. The van der Waals surface area contributed by atoms with Crippen LogP contribution < -0.4 is 4.90 Å². The van der Waals surface area contributed by atoms with Crippen molar-refractivity contribution in [2.24, 2.45) is 0 Å². The first-order valence-electron chi connectivity index (χ1n) is 19.1. The second-order valence-corrected chi connectivity index (χ2v) is 16.2. The van der Waals surface area contributed by atoms with Crippen LogP contribution in [0.4, 0.5) is 17.1 Å². The molecule has 258 valence electrons. The fourth-order valence-corrected chi connectivity index (χ4v) is 9.90. The van der Waals surface area contributed by atoms with Gasteiger partial charge in [-0.3, -0.25) is 0 Å². The van der Waals surface area contributed by atoms with Gasteiger partial charge in [-0.2, -0.15) is 0 Å². The Labute approximate surface area is 316 Å². The van der Waals surface area contributed by atoms with E-state index < -0.39 is 0 Å². The SMILES string of the molecule is CC1(C)c2ccccc2-c2cc(N(c3ccc4ccc(-n5c6ccccc6c6ccccc65)cc4c3)c3cccc4c3-c3ccccc3C4(C)C)ccc21. The summed E-state index contributed by atoms with van der Waals surface area (Å²) in [6, 6.07) is 63.4. The van der Waals surface area contributed by atoms with Crippen LogP contribution in [0.2, 0.25) is 0 Å². The predicted molar refractivity (Wildman–Crippen MR) is 228 cm³/mol. The highest BCUT2D eigenvalue weighted by atomic mass is 15.1. The third-order valence-electron chi connectivity index (χ3n) is 12.6. The van der Waals surface area contributed by atoms with Crippen LogP contribution in [0.3, 0.4) is 0 Å². The van der Waals surface area contributed by atoms with E-state index in [1.165, 1.54) is 82.8 Å². The van der Waals surface area contributed by atoms with Gasteiger partial charge in [-0.1, -0.05) is 143 Å². The number of benzene rings is 8. The standard InChI is InChI=1S/C52H40N2/c1-51(2)43-18-9-5-14-38(43)42-32-37(28-29-45(42)51)53(49-23-13-20-46-50(49)41-17-6-10-19-44(41)52(46,3)4)35-26-24-33-25-27-36(31-34(33)30-35)54-47-21-11-7-15-39(47)40-16-8-12-22-48(40)54/h5-32H,1-4H3. The van der Waals surface area contributed by atoms with Gasteiger partial charge >= 0.3 is 0 Å². The number of para-hydroxylation sites is 2. The molecule has 2 aliphatic rings. The average Bonchev–Trinajstić information content (AvgIpc) is 3.75. The molecular formula is C52H40N2. The molecule has 2 aliphatic carbocycles. The van der Waals surface area contributed by atoms with E-state index in [1.807, 2.05) is 0 Å². The van der Waals surface area contributed by atoms with E-state index in [0.717, 1.165) is 17.1 Å². The van der Waals surface area contributed by atoms with E-state index in [2.05, 4.69) is 207 Å². The van der Waals surface area contributed by atoms with Crippen molar-refractivity contribution < 1.29 is 0 Å². The molecule has 0 fully saturated rings. The van der Waals surface area contributed by atoms with E-state index in [1.54, 1.807) is 0 Å². The molecule has 0 spiro atoms. The van der Waals surface area contributed by atoms with Crippen molar-refractivity contribution in [3.05, 3.63) is 192 Å². The second kappa shape index (κ2) is 11.1. The molecule has 0 aliphatic heterocycles. The van der Waals surface area contributed by atoms with Gasteiger partial charge in [0, 0.05) is 44.2 Å². The minimum Gasteiger partial charge on any atom is -0.310 e. The topological polar surface area (TPSA) is 8.17 Å². The number of rotatable bonds is 4. The largest absolute Gasteiger partial charge is 0.310 e. The number of fused-ring (bicyclic) bond motifs is 10. The predicted octanol–water partition coefficient (Wildman–Crippen LogP) is 14.0. The molecule has 0 saturated carbocycles. The van der Waals surface area contributed by atoms with E-state index in [0.29, 0.717) is 0 Å². The van der Waals surface area contributed by atoms with Gasteiger partial charge in [-0.15, -0.1) is 0 Å². The molecule has 0 atom stereocenters. The van der Waals surface area contributed by atoms with Crippen molar-refractivity contribution in [3.8, 4) is 27.9 Å². The van der Waals surface area contributed by atoms with Crippen LogP contribution in [0.5, 0.6) is 0 Å². The molecule has 0 N–H and O–H groups in total. The van der Waals surface area contributed by atoms with E-state index in [9.17, 15) is 0 Å². The normalized spacial score (nSPS) is 14.6. The Kier molecular flexibility index (Phi) is 6.39. The molecule has 2 heteroatoms. The lowest BCUT2D eigenvalue weighted by Gasteiger charge is -2.30. The molecule has 0 amide bonds. The second-order valence-electron chi connectivity index (χ2n) is 16.2. The zero-order valence-electron chi connectivity index (χ0n) is 31.1. The molecule has 54 heavy (non-hydrogen) atoms. The maximum absolute atomic E-state index is 2.51. The molecule has 0 radical (unpaired) electrons. The Balaban J connectivity index is 1.16. The number of aromatic nitrogens is 1. The molecule has 0 bridgehead atoms. The summed E-state index contributed by atoms with van der Waals surface area (Å²) < 4.78 is 2.41. The van der Waals surface area contributed by atoms with Gasteiger partial charge < -0.3 is 9.47 Å². The molecule has 1 heterocycles. The van der Waals surface area contributed by atoms with Gasteiger partial charge in [-0.05, 0) is 104 Å². The molecule has 1 aromatic heterocycles. The first-order chi connectivity index (χ1) is 26.3. The summed E-state index contributed by atoms with van der Waals surface area (Å²) in [7, 11) is 0. The number of hydrogen-bond acceptors (Lipinski definition) is 1. The average molecular weight is 693 g/mol. The smallest absolute Gasteiger partial charge is 0.0543 e. The quantitative estimate of drug-likeness (QED) is 0.178. The first-order valence-corrected chi connectivity index (χ1v) is 19.1. The van der Waals surface area contributed by atoms with Gasteiger partial charge in [0.25, 0.3) is 0 Å². The number of hydrogen-bond donors (Lipinski definition) is 0. The lowest BCUT2D eigenvalue weighted by molar-refractivity contribution is 0.660. The highest BCUT2D eigenvalue weighted by Crippen LogP contribution is 2.55. The molecule has 2 nitrogen and oxygen atoms in total. The van der Waals surface area contributed by atoms with Crippen molar-refractivity contribution >= 4 is 49.6 Å². The summed E-state index contributed by atoms with van der Waals surface area (Å²) in [6.45, 7) is 9.45. The molecule has 0 saturated heterocycles. The summed E-state index contributed by atoms with van der Waals surface area (Å²) in [5, 5.41) is 4.97. The lowest BCUT2D eigenvalue weighted by Crippen LogP contribution is -2.16. The van der Waals surface area contributed by atoms with Crippen LogP contribution in [-0.4, -0.2) is 4.57 Å². The first kappa shape index (κ1) is 31.2. The van der Waals surface area contributed by atoms with Crippen LogP contribution in [0.25, 0.3) is 60.5 Å². The van der Waals surface area contributed by atoms with Crippen molar-refractivity contribution in [3.63, 3.8) is 0 Å². The minimum absolute atomic E-state index is 0.0571. The van der Waals surface area contributed by atoms with Crippen molar-refractivity contribution in [2.45, 2.75) is 38.5 Å². The highest BCUT2D eigenvalue weighted by molar-refractivity contribution is 6.09. The van der Waals surface area contributed by atoms with Crippen molar-refractivity contribution in [2.75, 3.05) is 4.90 Å². The molecular weight excluding hydrogens is 653 g/mol. The van der Waals surface area contributed by atoms with Gasteiger partial charge in [-0.25, -0.2) is 0 Å². The van der Waals surface area contributed by atoms with Gasteiger partial charge in [0.05, 0.1) is 16.7 Å². The zero-order chi connectivity index (χ0) is 36.3. The Morgan fingerprint density at radius 3 is 1.72 bits per heavy atom. The third-order valence-corrected chi connectivity index (χ3v) is 12.6. The number of nitrogens with zero attached hydrogens (tertiary/aromatic N) is 2. The summed E-state index contributed by atoms with van der Waals surface area (Å²) in [6.07, 6.45) is 0. The Bertz CT molecular complexity index is 2960. The van der Waals surface area contributed by atoms with Crippen molar-refractivity contribution in [1.82, 2.24) is 4.57 Å². The third kappa shape index (κ3) is 4.23. The Morgan fingerprint density at radius 2 is 0.963 bits per heavy atom. The van der Waals surface area contributed by atoms with Crippen LogP contribution in [0.1, 0.15) is 49.9 Å². The van der Waals surface area contributed by atoms with Gasteiger partial charge in [0.15, 0.2) is 0 Å². The number of anilines is 3. The fourth-order valence-electron chi connectivity index (χ4n) is 9.90. The van der Waals surface area contributed by atoms with Crippen LogP contribution >= 0.6 is 0 Å². The maximum atomic E-state index is 2.51. The maximum Gasteiger partial charge on any atom is 0.0543 e. The van der Waals surface area contributed by atoms with E-state index in [-0.39, 0.29) is 10.8 Å². The van der Waals surface area contributed by atoms with E-state index in [4.69, 9.17) is 0 Å². The molecule has 9 aromatic rings. The summed E-state index contributed by atoms with van der Waals surface area (Å²) in [4.78, 5) is 2.51. The zero-order valence-corrected chi connectivity index (χ0v) is 31.1. The van der Waals surface area contributed by atoms with Crippen LogP contribution in [0.15, 0.2) is 170 Å². The Hall–Kier alpha value is -6.38. The van der Waals surface area contributed by atoms with Gasteiger partial charge in [0.2, 0.25) is 0 Å². The van der Waals surface area contributed by atoms with Gasteiger partial charge in [0.1, 0.15) is 0 Å². The monoisotopic (exact) mass is 692 g/mol. The molecule has 11 rings (SSSR count). The summed E-state index contributed by atoms with van der Waals surface area (Å²) in [5.74, 6) is 0. The van der Waals surface area contributed by atoms with Crippen LogP contribution in [0, 0.1) is 0 Å². The lowest BCUT2D eigenvalue weighted by atomic mass is 9.82. The Morgan fingerprint density at radius 1 is 0.407 bits per heavy atom. The molecule has 0 unspecified atom stereocenters. The van der Waals surface area contributed by atoms with E-state index >= 15 is 0 Å². The highest BCUT2D eigenvalue weighted by Gasteiger charge is 2.39. The van der Waals surface area contributed by atoms with Crippen molar-refractivity contribution in [1.29, 1.82) is 0 Å². The summed E-state index contributed by atoms with van der Waals surface area (Å²) >= 11 is 0. The fraction of sp³-hybridized carbons (Fsp3) is 0.115. The molecule has 8 aromatic carbocycles. The van der Waals surface area contributed by atoms with Crippen LogP contribution in [-0.2, 0) is 10.8 Å².